The molecule has 4 rings (SSSR count). The summed E-state index contributed by atoms with van der Waals surface area (Å²) in [6.45, 7) is 2.50. The van der Waals surface area contributed by atoms with Gasteiger partial charge in [0, 0.05) is 30.4 Å². The summed E-state index contributed by atoms with van der Waals surface area (Å²) < 4.78 is 11.3. The van der Waals surface area contributed by atoms with Gasteiger partial charge >= 0.3 is 0 Å². The molecule has 0 unspecified atom stereocenters. The summed E-state index contributed by atoms with van der Waals surface area (Å²) in [5.74, 6) is 2.86. The van der Waals surface area contributed by atoms with Crippen molar-refractivity contribution < 1.29 is 9.47 Å². The molecule has 0 atom stereocenters. The predicted octanol–water partition coefficient (Wildman–Crippen LogP) is 4.81. The summed E-state index contributed by atoms with van der Waals surface area (Å²) in [6, 6.07) is 15.8. The van der Waals surface area contributed by atoms with Crippen LogP contribution in [0.15, 0.2) is 60.9 Å². The Labute approximate surface area is 169 Å². The third-order valence-corrected chi connectivity index (χ3v) is 4.62. The third-order valence-electron chi connectivity index (χ3n) is 4.62. The highest BCUT2D eigenvalue weighted by Crippen LogP contribution is 2.36. The number of anilines is 1. The number of rotatable bonds is 6. The number of fused-ring (bicyclic) bond motifs is 1. The molecule has 1 N–H and O–H groups in total. The van der Waals surface area contributed by atoms with Crippen molar-refractivity contribution in [2.45, 2.75) is 6.92 Å². The molecule has 0 aliphatic rings. The Morgan fingerprint density at radius 3 is 2.55 bits per heavy atom. The molecule has 0 aliphatic heterocycles. The molecule has 0 saturated heterocycles. The van der Waals surface area contributed by atoms with Crippen LogP contribution in [-0.4, -0.2) is 35.7 Å². The number of benzene rings is 2. The second-order valence-electron chi connectivity index (χ2n) is 6.42. The minimum atomic E-state index is 0.539. The summed E-state index contributed by atoms with van der Waals surface area (Å²) in [6.07, 6.45) is 3.49. The van der Waals surface area contributed by atoms with Crippen molar-refractivity contribution in [3.05, 3.63) is 60.9 Å². The molecular formula is C23H22N4O2. The number of aromatic nitrogens is 3. The lowest BCUT2D eigenvalue weighted by atomic mass is 10.0. The van der Waals surface area contributed by atoms with E-state index in [1.165, 1.54) is 0 Å². The smallest absolute Gasteiger partial charge is 0.163 e. The van der Waals surface area contributed by atoms with Gasteiger partial charge in [-0.2, -0.15) is 0 Å². The molecule has 0 amide bonds. The van der Waals surface area contributed by atoms with Crippen LogP contribution in [-0.2, 0) is 0 Å². The highest BCUT2D eigenvalue weighted by molar-refractivity contribution is 5.97. The van der Waals surface area contributed by atoms with E-state index in [0.717, 1.165) is 39.2 Å². The zero-order valence-electron chi connectivity index (χ0n) is 16.6. The minimum absolute atomic E-state index is 0.539. The molecule has 0 radical (unpaired) electrons. The molecule has 2 aromatic heterocycles. The summed E-state index contributed by atoms with van der Waals surface area (Å²) in [5.41, 5.74) is 3.65. The molecule has 146 valence electrons. The van der Waals surface area contributed by atoms with Crippen molar-refractivity contribution in [1.82, 2.24) is 15.0 Å². The molecule has 0 bridgehead atoms. The van der Waals surface area contributed by atoms with Gasteiger partial charge in [-0.3, -0.25) is 4.98 Å². The quantitative estimate of drug-likeness (QED) is 0.513. The van der Waals surface area contributed by atoms with Crippen LogP contribution in [0.4, 0.5) is 5.82 Å². The number of ether oxygens (including phenoxy) is 2. The van der Waals surface area contributed by atoms with E-state index in [1.54, 1.807) is 19.5 Å². The fourth-order valence-corrected chi connectivity index (χ4v) is 3.25. The van der Waals surface area contributed by atoms with Gasteiger partial charge in [0.05, 0.1) is 13.7 Å². The van der Waals surface area contributed by atoms with E-state index in [4.69, 9.17) is 19.4 Å². The van der Waals surface area contributed by atoms with Crippen LogP contribution in [0.3, 0.4) is 0 Å². The van der Waals surface area contributed by atoms with Crippen molar-refractivity contribution >= 4 is 16.7 Å². The van der Waals surface area contributed by atoms with Gasteiger partial charge in [0.15, 0.2) is 5.82 Å². The molecule has 29 heavy (non-hydrogen) atoms. The summed E-state index contributed by atoms with van der Waals surface area (Å²) in [5, 5.41) is 4.09. The van der Waals surface area contributed by atoms with Gasteiger partial charge < -0.3 is 14.8 Å². The van der Waals surface area contributed by atoms with Crippen LogP contribution >= 0.6 is 0 Å². The van der Waals surface area contributed by atoms with Gasteiger partial charge in [0.25, 0.3) is 0 Å². The van der Waals surface area contributed by atoms with E-state index in [0.29, 0.717) is 18.2 Å². The first kappa shape index (κ1) is 18.7. The molecule has 0 fully saturated rings. The first-order chi connectivity index (χ1) is 14.2. The molecule has 2 aromatic carbocycles. The molecule has 0 saturated carbocycles. The lowest BCUT2D eigenvalue weighted by molar-refractivity contribution is 0.344. The maximum atomic E-state index is 5.96. The van der Waals surface area contributed by atoms with E-state index < -0.39 is 0 Å². The molecule has 0 aliphatic carbocycles. The highest BCUT2D eigenvalue weighted by Gasteiger charge is 2.15. The van der Waals surface area contributed by atoms with E-state index >= 15 is 0 Å². The SMILES string of the molecule is CCOc1cc(-c2cccc(OC)c2)cc2c(NC)nc(-c3cccnc3)nc12. The molecule has 4 aromatic rings. The largest absolute Gasteiger partial charge is 0.497 e. The van der Waals surface area contributed by atoms with Crippen molar-refractivity contribution in [3.8, 4) is 34.0 Å². The van der Waals surface area contributed by atoms with E-state index in [2.05, 4.69) is 16.4 Å². The summed E-state index contributed by atoms with van der Waals surface area (Å²) >= 11 is 0. The van der Waals surface area contributed by atoms with Crippen molar-refractivity contribution in [2.75, 3.05) is 26.1 Å². The van der Waals surface area contributed by atoms with Gasteiger partial charge in [-0.05, 0) is 54.4 Å². The number of nitrogens with zero attached hydrogens (tertiary/aromatic N) is 3. The fourth-order valence-electron chi connectivity index (χ4n) is 3.25. The Bertz CT molecular complexity index is 1150. The minimum Gasteiger partial charge on any atom is -0.497 e. The number of hydrogen-bond acceptors (Lipinski definition) is 6. The summed E-state index contributed by atoms with van der Waals surface area (Å²) in [4.78, 5) is 13.7. The van der Waals surface area contributed by atoms with Gasteiger partial charge in [-0.1, -0.05) is 12.1 Å². The standard InChI is InChI=1S/C23H22N4O2/c1-4-29-20-13-17(15-7-5-9-18(11-15)28-3)12-19-21(20)26-22(27-23(19)24-2)16-8-6-10-25-14-16/h5-14H,4H2,1-3H3,(H,24,26,27). The summed E-state index contributed by atoms with van der Waals surface area (Å²) in [7, 11) is 3.52. The van der Waals surface area contributed by atoms with Crippen LogP contribution in [0, 0.1) is 0 Å². The van der Waals surface area contributed by atoms with Crippen molar-refractivity contribution in [3.63, 3.8) is 0 Å². The molecule has 6 nitrogen and oxygen atoms in total. The Morgan fingerprint density at radius 2 is 1.83 bits per heavy atom. The second-order valence-corrected chi connectivity index (χ2v) is 6.42. The van der Waals surface area contributed by atoms with E-state index in [-0.39, 0.29) is 0 Å². The molecule has 2 heterocycles. The van der Waals surface area contributed by atoms with Gasteiger partial charge in [-0.15, -0.1) is 0 Å². The average molecular weight is 386 g/mol. The lowest BCUT2D eigenvalue weighted by Gasteiger charge is -2.14. The Morgan fingerprint density at radius 1 is 0.966 bits per heavy atom. The van der Waals surface area contributed by atoms with Gasteiger partial charge in [0.1, 0.15) is 22.8 Å². The van der Waals surface area contributed by atoms with Crippen LogP contribution in [0.2, 0.25) is 0 Å². The fraction of sp³-hybridized carbons (Fsp3) is 0.174. The topological polar surface area (TPSA) is 69.2 Å². The lowest BCUT2D eigenvalue weighted by Crippen LogP contribution is -2.02. The third kappa shape index (κ3) is 3.69. The molecule has 0 spiro atoms. The average Bonchev–Trinajstić information content (AvgIpc) is 2.79. The zero-order valence-corrected chi connectivity index (χ0v) is 16.6. The first-order valence-electron chi connectivity index (χ1n) is 9.44. The predicted molar refractivity (Wildman–Crippen MR) is 115 cm³/mol. The van der Waals surface area contributed by atoms with Crippen LogP contribution in [0.1, 0.15) is 6.92 Å². The highest BCUT2D eigenvalue weighted by atomic mass is 16.5. The zero-order chi connectivity index (χ0) is 20.2. The van der Waals surface area contributed by atoms with Gasteiger partial charge in [0.2, 0.25) is 0 Å². The monoisotopic (exact) mass is 386 g/mol. The number of hydrogen-bond donors (Lipinski definition) is 1. The van der Waals surface area contributed by atoms with Crippen molar-refractivity contribution in [1.29, 1.82) is 0 Å². The molecule has 6 heteroatoms. The Kier molecular flexibility index (Phi) is 5.24. The Balaban J connectivity index is 1.96. The number of pyridine rings is 1. The first-order valence-corrected chi connectivity index (χ1v) is 9.44. The van der Waals surface area contributed by atoms with Crippen LogP contribution in [0.5, 0.6) is 11.5 Å². The Hall–Kier alpha value is -3.67. The van der Waals surface area contributed by atoms with Crippen LogP contribution in [0.25, 0.3) is 33.4 Å². The molecular weight excluding hydrogens is 364 g/mol. The maximum absolute atomic E-state index is 5.96. The number of methoxy groups -OCH3 is 1. The van der Waals surface area contributed by atoms with E-state index in [1.807, 2.05) is 56.4 Å². The van der Waals surface area contributed by atoms with Gasteiger partial charge in [-0.25, -0.2) is 9.97 Å². The number of nitrogens with one attached hydrogen (secondary N) is 1. The maximum Gasteiger partial charge on any atom is 0.163 e. The van der Waals surface area contributed by atoms with E-state index in [9.17, 15) is 0 Å². The van der Waals surface area contributed by atoms with Crippen LogP contribution < -0.4 is 14.8 Å². The van der Waals surface area contributed by atoms with Crippen molar-refractivity contribution in [2.24, 2.45) is 0 Å². The normalized spacial score (nSPS) is 10.7. The second kappa shape index (κ2) is 8.14.